The van der Waals surface area contributed by atoms with Crippen LogP contribution in [0.1, 0.15) is 12.0 Å². The van der Waals surface area contributed by atoms with Gasteiger partial charge in [0.1, 0.15) is 0 Å². The second-order valence-electron chi connectivity index (χ2n) is 4.49. The third-order valence-corrected chi connectivity index (χ3v) is 3.21. The van der Waals surface area contributed by atoms with Gasteiger partial charge in [-0.2, -0.15) is 5.26 Å². The predicted molar refractivity (Wildman–Crippen MR) is 61.7 cm³/mol. The fraction of sp³-hybridized carbons (Fsp3) is 0.385. The minimum atomic E-state index is -0.175. The van der Waals surface area contributed by atoms with Crippen LogP contribution >= 0.6 is 0 Å². The van der Waals surface area contributed by atoms with Crippen molar-refractivity contribution in [1.82, 2.24) is 4.90 Å². The lowest BCUT2D eigenvalue weighted by Crippen LogP contribution is -2.24. The van der Waals surface area contributed by atoms with E-state index < -0.39 is 0 Å². The Labute approximate surface area is 105 Å². The summed E-state index contributed by atoms with van der Waals surface area (Å²) in [5, 5.41) is 8.83. The average Bonchev–Trinajstić information content (AvgIpc) is 2.96. The fourth-order valence-electron chi connectivity index (χ4n) is 2.27. The first-order valence-electron chi connectivity index (χ1n) is 5.82. The Balaban J connectivity index is 1.74. The highest BCUT2D eigenvalue weighted by molar-refractivity contribution is 5.79. The van der Waals surface area contributed by atoms with Crippen LogP contribution in [0.4, 0.5) is 0 Å². The van der Waals surface area contributed by atoms with Gasteiger partial charge in [0.05, 0.1) is 12.0 Å². The molecule has 0 spiro atoms. The van der Waals surface area contributed by atoms with Crippen LogP contribution in [-0.4, -0.2) is 24.1 Å². The van der Waals surface area contributed by atoms with Crippen LogP contribution in [0.25, 0.3) is 0 Å². The molecule has 1 aromatic rings. The van der Waals surface area contributed by atoms with Gasteiger partial charge in [-0.3, -0.25) is 4.79 Å². The van der Waals surface area contributed by atoms with Gasteiger partial charge in [-0.1, -0.05) is 6.07 Å². The zero-order chi connectivity index (χ0) is 12.5. The lowest BCUT2D eigenvalue weighted by atomic mass is 10.1. The molecule has 0 radical (unpaired) electrons. The first-order valence-corrected chi connectivity index (χ1v) is 5.82. The van der Waals surface area contributed by atoms with Gasteiger partial charge < -0.3 is 14.4 Å². The van der Waals surface area contributed by atoms with Gasteiger partial charge >= 0.3 is 0 Å². The van der Waals surface area contributed by atoms with Crippen molar-refractivity contribution in [3.05, 3.63) is 23.8 Å². The Hall–Kier alpha value is -2.22. The lowest BCUT2D eigenvalue weighted by Gasteiger charge is -2.15. The molecule has 3 rings (SSSR count). The molecule has 1 unspecified atom stereocenters. The number of amides is 1. The molecule has 1 atom stereocenters. The molecule has 92 valence electrons. The summed E-state index contributed by atoms with van der Waals surface area (Å²) in [5.41, 5.74) is 0.992. The number of rotatable bonds is 2. The van der Waals surface area contributed by atoms with Gasteiger partial charge in [0, 0.05) is 19.5 Å². The van der Waals surface area contributed by atoms with Crippen molar-refractivity contribution in [2.45, 2.75) is 13.0 Å². The molecule has 0 saturated carbocycles. The number of likely N-dealkylation sites (tertiary alicyclic amines) is 1. The molecular formula is C13H12N2O3. The molecule has 1 aromatic carbocycles. The Morgan fingerprint density at radius 2 is 2.22 bits per heavy atom. The Morgan fingerprint density at radius 1 is 1.39 bits per heavy atom. The maximum Gasteiger partial charge on any atom is 0.231 e. The van der Waals surface area contributed by atoms with Crippen LogP contribution < -0.4 is 9.47 Å². The summed E-state index contributed by atoms with van der Waals surface area (Å²) >= 11 is 0. The van der Waals surface area contributed by atoms with E-state index in [2.05, 4.69) is 6.07 Å². The summed E-state index contributed by atoms with van der Waals surface area (Å²) in [6.07, 6.45) is 0.334. The Bertz CT molecular complexity index is 536. The molecule has 18 heavy (non-hydrogen) atoms. The number of fused-ring (bicyclic) bond motifs is 1. The molecule has 2 heterocycles. The van der Waals surface area contributed by atoms with E-state index in [4.69, 9.17) is 14.7 Å². The van der Waals surface area contributed by atoms with Crippen molar-refractivity contribution in [3.63, 3.8) is 0 Å². The number of hydrogen-bond acceptors (Lipinski definition) is 4. The SMILES string of the molecule is N#CC1CC(=O)N(Cc2ccc3c(c2)OCO3)C1. The van der Waals surface area contributed by atoms with Gasteiger partial charge in [-0.15, -0.1) is 0 Å². The van der Waals surface area contributed by atoms with E-state index in [-0.39, 0.29) is 18.6 Å². The molecule has 1 fully saturated rings. The summed E-state index contributed by atoms with van der Waals surface area (Å²) in [6, 6.07) is 7.79. The van der Waals surface area contributed by atoms with Gasteiger partial charge in [0.2, 0.25) is 12.7 Å². The number of nitriles is 1. The van der Waals surface area contributed by atoms with Crippen LogP contribution in [0.15, 0.2) is 18.2 Å². The zero-order valence-electron chi connectivity index (χ0n) is 9.76. The number of carbonyl (C=O) groups is 1. The fourth-order valence-corrected chi connectivity index (χ4v) is 2.27. The van der Waals surface area contributed by atoms with Crippen LogP contribution in [0.2, 0.25) is 0 Å². The highest BCUT2D eigenvalue weighted by Crippen LogP contribution is 2.33. The van der Waals surface area contributed by atoms with Crippen LogP contribution in [-0.2, 0) is 11.3 Å². The second kappa shape index (κ2) is 4.22. The van der Waals surface area contributed by atoms with E-state index in [9.17, 15) is 4.79 Å². The zero-order valence-corrected chi connectivity index (χ0v) is 9.76. The van der Waals surface area contributed by atoms with Gasteiger partial charge in [-0.25, -0.2) is 0 Å². The number of hydrogen-bond donors (Lipinski definition) is 0. The predicted octanol–water partition coefficient (Wildman–Crippen LogP) is 1.29. The second-order valence-corrected chi connectivity index (χ2v) is 4.49. The van der Waals surface area contributed by atoms with Gasteiger partial charge in [0.15, 0.2) is 11.5 Å². The molecule has 0 N–H and O–H groups in total. The smallest absolute Gasteiger partial charge is 0.231 e. The molecule has 5 heteroatoms. The third-order valence-electron chi connectivity index (χ3n) is 3.21. The normalized spacial score (nSPS) is 21.2. The Morgan fingerprint density at radius 3 is 3.00 bits per heavy atom. The van der Waals surface area contributed by atoms with Crippen molar-refractivity contribution in [1.29, 1.82) is 5.26 Å². The van der Waals surface area contributed by atoms with Crippen molar-refractivity contribution in [2.75, 3.05) is 13.3 Å². The number of benzene rings is 1. The quantitative estimate of drug-likeness (QED) is 0.786. The lowest BCUT2D eigenvalue weighted by molar-refractivity contribution is -0.128. The molecular weight excluding hydrogens is 232 g/mol. The first kappa shape index (κ1) is 10.9. The molecule has 0 aliphatic carbocycles. The number of carbonyl (C=O) groups excluding carboxylic acids is 1. The number of nitrogens with zero attached hydrogens (tertiary/aromatic N) is 2. The van der Waals surface area contributed by atoms with E-state index in [0.717, 1.165) is 17.1 Å². The molecule has 5 nitrogen and oxygen atoms in total. The molecule has 0 aromatic heterocycles. The monoisotopic (exact) mass is 244 g/mol. The maximum absolute atomic E-state index is 11.7. The molecule has 0 bridgehead atoms. The van der Waals surface area contributed by atoms with E-state index in [1.807, 2.05) is 18.2 Å². The third kappa shape index (κ3) is 1.86. The van der Waals surface area contributed by atoms with E-state index in [0.29, 0.717) is 19.5 Å². The van der Waals surface area contributed by atoms with Crippen molar-refractivity contribution < 1.29 is 14.3 Å². The van der Waals surface area contributed by atoms with Crippen molar-refractivity contribution >= 4 is 5.91 Å². The minimum Gasteiger partial charge on any atom is -0.454 e. The van der Waals surface area contributed by atoms with E-state index in [1.165, 1.54) is 0 Å². The highest BCUT2D eigenvalue weighted by Gasteiger charge is 2.29. The van der Waals surface area contributed by atoms with Gasteiger partial charge in [0.25, 0.3) is 0 Å². The maximum atomic E-state index is 11.7. The van der Waals surface area contributed by atoms with Crippen LogP contribution in [0, 0.1) is 17.2 Å². The summed E-state index contributed by atoms with van der Waals surface area (Å²) in [6.45, 7) is 1.29. The average molecular weight is 244 g/mol. The molecule has 1 saturated heterocycles. The minimum absolute atomic E-state index is 0.0409. The van der Waals surface area contributed by atoms with Crippen LogP contribution in [0.5, 0.6) is 11.5 Å². The highest BCUT2D eigenvalue weighted by atomic mass is 16.7. The van der Waals surface area contributed by atoms with Gasteiger partial charge in [-0.05, 0) is 17.7 Å². The summed E-state index contributed by atoms with van der Waals surface area (Å²) in [5.74, 6) is 1.32. The van der Waals surface area contributed by atoms with Crippen molar-refractivity contribution in [3.8, 4) is 17.6 Å². The van der Waals surface area contributed by atoms with E-state index in [1.54, 1.807) is 4.90 Å². The molecule has 2 aliphatic heterocycles. The largest absolute Gasteiger partial charge is 0.454 e. The number of ether oxygens (including phenoxy) is 2. The van der Waals surface area contributed by atoms with Crippen LogP contribution in [0.3, 0.4) is 0 Å². The standard InChI is InChI=1S/C13H12N2O3/c14-5-10-4-13(16)15(7-10)6-9-1-2-11-12(3-9)18-8-17-11/h1-3,10H,4,6-8H2. The molecule has 2 aliphatic rings. The Kier molecular flexibility index (Phi) is 2.56. The summed E-state index contributed by atoms with van der Waals surface area (Å²) < 4.78 is 10.5. The summed E-state index contributed by atoms with van der Waals surface area (Å²) in [4.78, 5) is 13.4. The van der Waals surface area contributed by atoms with Crippen molar-refractivity contribution in [2.24, 2.45) is 5.92 Å². The first-order chi connectivity index (χ1) is 8.76. The summed E-state index contributed by atoms with van der Waals surface area (Å²) in [7, 11) is 0. The molecule has 1 amide bonds. The van der Waals surface area contributed by atoms with E-state index >= 15 is 0 Å². The topological polar surface area (TPSA) is 62.6 Å².